The van der Waals surface area contributed by atoms with Gasteiger partial charge < -0.3 is 4.57 Å². The number of aryl methyl sites for hydroxylation is 1. The molecule has 0 amide bonds. The molecule has 1 aromatic rings. The van der Waals surface area contributed by atoms with Crippen molar-refractivity contribution >= 4 is 0 Å². The fourth-order valence-electron chi connectivity index (χ4n) is 1.83. The molecule has 3 nitrogen and oxygen atoms in total. The second kappa shape index (κ2) is 4.97. The number of rotatable bonds is 4. The molecule has 0 N–H and O–H groups in total. The summed E-state index contributed by atoms with van der Waals surface area (Å²) in [6, 6.07) is 2.17. The SMILES string of the molecule is CC(C)c1ncn(CCC#N)c1C(C)C. The molecule has 0 aromatic carbocycles. The van der Waals surface area contributed by atoms with Gasteiger partial charge in [0, 0.05) is 12.2 Å². The minimum Gasteiger partial charge on any atom is -0.333 e. The highest BCUT2D eigenvalue weighted by atomic mass is 15.1. The lowest BCUT2D eigenvalue weighted by Crippen LogP contribution is -2.06. The minimum atomic E-state index is 0.450. The summed E-state index contributed by atoms with van der Waals surface area (Å²) in [7, 11) is 0. The van der Waals surface area contributed by atoms with Gasteiger partial charge in [0.05, 0.1) is 24.5 Å². The zero-order valence-electron chi connectivity index (χ0n) is 9.99. The van der Waals surface area contributed by atoms with Gasteiger partial charge in [-0.25, -0.2) is 4.98 Å². The van der Waals surface area contributed by atoms with Crippen LogP contribution in [0.2, 0.25) is 0 Å². The van der Waals surface area contributed by atoms with Crippen molar-refractivity contribution in [3.05, 3.63) is 17.7 Å². The zero-order valence-corrected chi connectivity index (χ0v) is 9.99. The summed E-state index contributed by atoms with van der Waals surface area (Å²) in [5.74, 6) is 0.911. The van der Waals surface area contributed by atoms with Gasteiger partial charge in [-0.05, 0) is 11.8 Å². The van der Waals surface area contributed by atoms with E-state index in [1.807, 2.05) is 6.33 Å². The molecule has 0 aliphatic carbocycles. The Morgan fingerprint density at radius 2 is 2.00 bits per heavy atom. The normalized spacial score (nSPS) is 11.0. The maximum absolute atomic E-state index is 8.59. The van der Waals surface area contributed by atoms with Crippen molar-refractivity contribution in [2.45, 2.75) is 52.5 Å². The van der Waals surface area contributed by atoms with Gasteiger partial charge in [-0.2, -0.15) is 5.26 Å². The molecule has 1 heterocycles. The molecule has 0 radical (unpaired) electrons. The third-order valence-corrected chi connectivity index (χ3v) is 2.47. The average molecular weight is 205 g/mol. The molecular weight excluding hydrogens is 186 g/mol. The van der Waals surface area contributed by atoms with Gasteiger partial charge in [0.2, 0.25) is 0 Å². The Bertz CT molecular complexity index is 355. The van der Waals surface area contributed by atoms with Crippen LogP contribution in [0.3, 0.4) is 0 Å². The molecular formula is C12H19N3. The van der Waals surface area contributed by atoms with Crippen molar-refractivity contribution in [3.8, 4) is 6.07 Å². The van der Waals surface area contributed by atoms with Crippen LogP contribution in [0.5, 0.6) is 0 Å². The molecule has 0 bridgehead atoms. The largest absolute Gasteiger partial charge is 0.333 e. The van der Waals surface area contributed by atoms with Crippen LogP contribution >= 0.6 is 0 Å². The van der Waals surface area contributed by atoms with Crippen molar-refractivity contribution < 1.29 is 0 Å². The first-order valence-corrected chi connectivity index (χ1v) is 5.49. The van der Waals surface area contributed by atoms with E-state index in [-0.39, 0.29) is 0 Å². The van der Waals surface area contributed by atoms with E-state index in [0.717, 1.165) is 6.54 Å². The summed E-state index contributed by atoms with van der Waals surface area (Å²) in [6.45, 7) is 9.41. The third kappa shape index (κ3) is 2.59. The second-order valence-electron chi connectivity index (χ2n) is 4.43. The van der Waals surface area contributed by atoms with Gasteiger partial charge >= 0.3 is 0 Å². The van der Waals surface area contributed by atoms with Gasteiger partial charge in [0.1, 0.15) is 0 Å². The highest BCUT2D eigenvalue weighted by molar-refractivity contribution is 5.20. The van der Waals surface area contributed by atoms with Crippen LogP contribution in [0.25, 0.3) is 0 Å². The van der Waals surface area contributed by atoms with Crippen molar-refractivity contribution in [3.63, 3.8) is 0 Å². The quantitative estimate of drug-likeness (QED) is 0.758. The molecule has 0 saturated heterocycles. The fraction of sp³-hybridized carbons (Fsp3) is 0.667. The van der Waals surface area contributed by atoms with Crippen LogP contribution < -0.4 is 0 Å². The van der Waals surface area contributed by atoms with Crippen LogP contribution in [0.15, 0.2) is 6.33 Å². The maximum Gasteiger partial charge on any atom is 0.0952 e. The molecule has 0 aliphatic heterocycles. The van der Waals surface area contributed by atoms with E-state index < -0.39 is 0 Å². The third-order valence-electron chi connectivity index (χ3n) is 2.47. The molecule has 82 valence electrons. The van der Waals surface area contributed by atoms with E-state index >= 15 is 0 Å². The van der Waals surface area contributed by atoms with Gasteiger partial charge in [-0.1, -0.05) is 27.7 Å². The standard InChI is InChI=1S/C12H19N3/c1-9(2)11-12(10(3)4)15(8-14-11)7-5-6-13/h8-10H,5,7H2,1-4H3. The van der Waals surface area contributed by atoms with Crippen molar-refractivity contribution in [2.24, 2.45) is 0 Å². The lowest BCUT2D eigenvalue weighted by Gasteiger charge is -2.13. The molecule has 0 atom stereocenters. The Labute approximate surface area is 91.7 Å². The summed E-state index contributed by atoms with van der Waals surface area (Å²) >= 11 is 0. The smallest absolute Gasteiger partial charge is 0.0952 e. The molecule has 3 heteroatoms. The summed E-state index contributed by atoms with van der Waals surface area (Å²) in [4.78, 5) is 4.44. The van der Waals surface area contributed by atoms with E-state index in [9.17, 15) is 0 Å². The zero-order chi connectivity index (χ0) is 11.4. The maximum atomic E-state index is 8.59. The molecule has 0 aliphatic rings. The highest BCUT2D eigenvalue weighted by Gasteiger charge is 2.16. The Morgan fingerprint density at radius 3 is 2.47 bits per heavy atom. The molecule has 1 rings (SSSR count). The Kier molecular flexibility index (Phi) is 3.90. The highest BCUT2D eigenvalue weighted by Crippen LogP contribution is 2.24. The lowest BCUT2D eigenvalue weighted by atomic mass is 10.0. The topological polar surface area (TPSA) is 41.6 Å². The van der Waals surface area contributed by atoms with E-state index in [1.54, 1.807) is 0 Å². The number of nitriles is 1. The van der Waals surface area contributed by atoms with Crippen LogP contribution in [-0.4, -0.2) is 9.55 Å². The first-order chi connectivity index (χ1) is 7.07. The first kappa shape index (κ1) is 11.8. The minimum absolute atomic E-state index is 0.450. The predicted molar refractivity (Wildman–Crippen MR) is 60.6 cm³/mol. The monoisotopic (exact) mass is 205 g/mol. The van der Waals surface area contributed by atoms with Gasteiger partial charge in [0.25, 0.3) is 0 Å². The number of imidazole rings is 1. The summed E-state index contributed by atoms with van der Waals surface area (Å²) in [6.07, 6.45) is 2.41. The summed E-state index contributed by atoms with van der Waals surface area (Å²) in [5, 5.41) is 8.59. The number of aromatic nitrogens is 2. The molecule has 15 heavy (non-hydrogen) atoms. The number of nitrogens with zero attached hydrogens (tertiary/aromatic N) is 3. The van der Waals surface area contributed by atoms with E-state index in [4.69, 9.17) is 5.26 Å². The van der Waals surface area contributed by atoms with E-state index in [1.165, 1.54) is 11.4 Å². The average Bonchev–Trinajstić information content (AvgIpc) is 2.58. The Balaban J connectivity index is 3.02. The van der Waals surface area contributed by atoms with Crippen molar-refractivity contribution in [1.82, 2.24) is 9.55 Å². The molecule has 1 aromatic heterocycles. The molecule has 0 saturated carbocycles. The summed E-state index contributed by atoms with van der Waals surface area (Å²) in [5.41, 5.74) is 2.45. The Morgan fingerprint density at radius 1 is 1.33 bits per heavy atom. The fourth-order valence-corrected chi connectivity index (χ4v) is 1.83. The van der Waals surface area contributed by atoms with Crippen molar-refractivity contribution in [2.75, 3.05) is 0 Å². The molecule has 0 fully saturated rings. The van der Waals surface area contributed by atoms with Crippen LogP contribution in [0, 0.1) is 11.3 Å². The molecule has 0 spiro atoms. The van der Waals surface area contributed by atoms with Crippen LogP contribution in [-0.2, 0) is 6.54 Å². The van der Waals surface area contributed by atoms with Crippen LogP contribution in [0.1, 0.15) is 57.3 Å². The molecule has 0 unspecified atom stereocenters. The van der Waals surface area contributed by atoms with Gasteiger partial charge in [-0.3, -0.25) is 0 Å². The number of hydrogen-bond donors (Lipinski definition) is 0. The van der Waals surface area contributed by atoms with Crippen molar-refractivity contribution in [1.29, 1.82) is 5.26 Å². The predicted octanol–water partition coefficient (Wildman–Crippen LogP) is 3.04. The number of hydrogen-bond acceptors (Lipinski definition) is 2. The van der Waals surface area contributed by atoms with Gasteiger partial charge in [0.15, 0.2) is 0 Å². The van der Waals surface area contributed by atoms with E-state index in [0.29, 0.717) is 18.3 Å². The van der Waals surface area contributed by atoms with E-state index in [2.05, 4.69) is 43.3 Å². The lowest BCUT2D eigenvalue weighted by molar-refractivity contribution is 0.634. The second-order valence-corrected chi connectivity index (χ2v) is 4.43. The Hall–Kier alpha value is -1.30. The van der Waals surface area contributed by atoms with Crippen LogP contribution in [0.4, 0.5) is 0 Å². The summed E-state index contributed by atoms with van der Waals surface area (Å²) < 4.78 is 2.11. The van der Waals surface area contributed by atoms with Gasteiger partial charge in [-0.15, -0.1) is 0 Å². The first-order valence-electron chi connectivity index (χ1n) is 5.49.